The number of carbonyl (C=O) groups is 1. The van der Waals surface area contributed by atoms with E-state index in [1.807, 2.05) is 61.5 Å². The highest BCUT2D eigenvalue weighted by atomic mass is 79.9. The van der Waals surface area contributed by atoms with Crippen molar-refractivity contribution in [2.24, 2.45) is 17.3 Å². The van der Waals surface area contributed by atoms with Gasteiger partial charge in [0.25, 0.3) is 5.56 Å². The molecule has 0 unspecified atom stereocenters. The number of hydrogen-bond donors (Lipinski definition) is 0. The van der Waals surface area contributed by atoms with Gasteiger partial charge in [0.05, 0.1) is 23.3 Å². The van der Waals surface area contributed by atoms with Gasteiger partial charge in [0.2, 0.25) is 5.91 Å². The van der Waals surface area contributed by atoms with Crippen LogP contribution in [0.3, 0.4) is 0 Å². The SMILES string of the molecule is Cc1c(N2C(=O)CS/C2=N\N=C/c2ccc(Br)cc2)c(=O)n(-c2ccccc2)n1C. The summed E-state index contributed by atoms with van der Waals surface area (Å²) >= 11 is 4.66. The van der Waals surface area contributed by atoms with E-state index in [0.717, 1.165) is 15.7 Å². The molecule has 1 aliphatic heterocycles. The Morgan fingerprint density at radius 2 is 1.77 bits per heavy atom. The molecule has 1 amide bonds. The van der Waals surface area contributed by atoms with Gasteiger partial charge in [-0.25, -0.2) is 9.58 Å². The van der Waals surface area contributed by atoms with E-state index in [2.05, 4.69) is 26.1 Å². The van der Waals surface area contributed by atoms with Crippen LogP contribution < -0.4 is 10.5 Å². The second-order valence-electron chi connectivity index (χ2n) is 6.61. The van der Waals surface area contributed by atoms with Crippen LogP contribution in [0.5, 0.6) is 0 Å². The Balaban J connectivity index is 1.72. The summed E-state index contributed by atoms with van der Waals surface area (Å²) in [5.41, 5.74) is 2.30. The second-order valence-corrected chi connectivity index (χ2v) is 8.46. The molecule has 1 aromatic heterocycles. The van der Waals surface area contributed by atoms with Crippen LogP contribution in [0.25, 0.3) is 5.69 Å². The monoisotopic (exact) mass is 483 g/mol. The molecule has 0 bridgehead atoms. The largest absolute Gasteiger partial charge is 0.296 e. The molecule has 0 N–H and O–H groups in total. The number of carbonyl (C=O) groups excluding carboxylic acids is 1. The van der Waals surface area contributed by atoms with Crippen molar-refractivity contribution >= 4 is 50.7 Å². The third-order valence-electron chi connectivity index (χ3n) is 4.73. The van der Waals surface area contributed by atoms with E-state index in [4.69, 9.17) is 0 Å². The number of para-hydroxylation sites is 1. The summed E-state index contributed by atoms with van der Waals surface area (Å²) in [6.45, 7) is 1.81. The molecule has 2 heterocycles. The lowest BCUT2D eigenvalue weighted by molar-refractivity contribution is -0.115. The molecule has 0 aliphatic carbocycles. The van der Waals surface area contributed by atoms with Crippen molar-refractivity contribution in [3.8, 4) is 5.69 Å². The average Bonchev–Trinajstić information content (AvgIpc) is 3.20. The predicted octanol–water partition coefficient (Wildman–Crippen LogP) is 3.72. The van der Waals surface area contributed by atoms with Crippen LogP contribution in [-0.2, 0) is 11.8 Å². The third-order valence-corrected chi connectivity index (χ3v) is 6.18. The number of benzene rings is 2. The van der Waals surface area contributed by atoms with E-state index in [-0.39, 0.29) is 17.2 Å². The van der Waals surface area contributed by atoms with Crippen molar-refractivity contribution in [1.82, 2.24) is 9.36 Å². The molecular formula is C21H18BrN5O2S. The maximum absolute atomic E-state index is 13.3. The number of amidine groups is 1. The standard InChI is InChI=1S/C21H18BrN5O2S/c1-14-19(20(29)27(25(14)2)17-6-4-3-5-7-17)26-18(28)13-30-21(26)24-23-12-15-8-10-16(22)11-9-15/h3-12H,13H2,1-2H3/b23-12-,24-21-. The van der Waals surface area contributed by atoms with Gasteiger partial charge in [-0.3, -0.25) is 14.3 Å². The number of halogens is 1. The van der Waals surface area contributed by atoms with Crippen LogP contribution in [0.4, 0.5) is 5.69 Å². The minimum absolute atomic E-state index is 0.191. The zero-order valence-electron chi connectivity index (χ0n) is 16.3. The quantitative estimate of drug-likeness (QED) is 0.419. The van der Waals surface area contributed by atoms with Crippen LogP contribution in [0, 0.1) is 6.92 Å². The summed E-state index contributed by atoms with van der Waals surface area (Å²) in [6.07, 6.45) is 1.61. The zero-order valence-corrected chi connectivity index (χ0v) is 18.7. The van der Waals surface area contributed by atoms with E-state index in [9.17, 15) is 9.59 Å². The Kier molecular flexibility index (Phi) is 5.74. The van der Waals surface area contributed by atoms with Crippen molar-refractivity contribution in [2.45, 2.75) is 6.92 Å². The van der Waals surface area contributed by atoms with E-state index in [1.54, 1.807) is 22.6 Å². The van der Waals surface area contributed by atoms with Crippen LogP contribution in [-0.4, -0.2) is 32.4 Å². The van der Waals surface area contributed by atoms with Crippen LogP contribution in [0.15, 0.2) is 74.1 Å². The van der Waals surface area contributed by atoms with E-state index >= 15 is 0 Å². The smallest absolute Gasteiger partial charge is 0.283 e. The predicted molar refractivity (Wildman–Crippen MR) is 125 cm³/mol. The van der Waals surface area contributed by atoms with Crippen molar-refractivity contribution in [2.75, 3.05) is 10.7 Å². The Labute approximate surface area is 185 Å². The molecule has 3 aromatic rings. The van der Waals surface area contributed by atoms with Gasteiger partial charge >= 0.3 is 0 Å². The van der Waals surface area contributed by atoms with E-state index in [1.165, 1.54) is 16.7 Å². The lowest BCUT2D eigenvalue weighted by Crippen LogP contribution is -2.34. The van der Waals surface area contributed by atoms with Gasteiger partial charge in [0.15, 0.2) is 5.17 Å². The Hall–Kier alpha value is -2.91. The fourth-order valence-corrected chi connectivity index (χ4v) is 4.23. The van der Waals surface area contributed by atoms with E-state index in [0.29, 0.717) is 16.5 Å². The number of amides is 1. The summed E-state index contributed by atoms with van der Waals surface area (Å²) in [7, 11) is 1.80. The number of thioether (sulfide) groups is 1. The lowest BCUT2D eigenvalue weighted by Gasteiger charge is -2.13. The lowest BCUT2D eigenvalue weighted by atomic mass is 10.2. The number of nitrogens with zero attached hydrogens (tertiary/aromatic N) is 5. The molecule has 0 radical (unpaired) electrons. The first-order chi connectivity index (χ1) is 14.5. The van der Waals surface area contributed by atoms with Crippen LogP contribution in [0.1, 0.15) is 11.3 Å². The van der Waals surface area contributed by atoms with Gasteiger partial charge in [0, 0.05) is 11.5 Å². The van der Waals surface area contributed by atoms with Gasteiger partial charge in [-0.1, -0.05) is 58.0 Å². The molecular weight excluding hydrogens is 466 g/mol. The number of aromatic nitrogens is 2. The molecule has 9 heteroatoms. The van der Waals surface area contributed by atoms with Crippen molar-refractivity contribution in [3.63, 3.8) is 0 Å². The number of rotatable bonds is 4. The second kappa shape index (κ2) is 8.45. The molecule has 30 heavy (non-hydrogen) atoms. The molecule has 4 rings (SSSR count). The maximum atomic E-state index is 13.3. The minimum Gasteiger partial charge on any atom is -0.283 e. The van der Waals surface area contributed by atoms with Crippen molar-refractivity contribution in [3.05, 3.63) is 80.7 Å². The highest BCUT2D eigenvalue weighted by Crippen LogP contribution is 2.28. The highest BCUT2D eigenvalue weighted by Gasteiger charge is 2.35. The average molecular weight is 484 g/mol. The summed E-state index contributed by atoms with van der Waals surface area (Å²) in [6, 6.07) is 16.9. The van der Waals surface area contributed by atoms with Gasteiger partial charge in [0.1, 0.15) is 5.69 Å². The van der Waals surface area contributed by atoms with Gasteiger partial charge in [-0.05, 0) is 36.8 Å². The Bertz CT molecular complexity index is 1210. The maximum Gasteiger partial charge on any atom is 0.296 e. The summed E-state index contributed by atoms with van der Waals surface area (Å²) in [5, 5.41) is 8.74. The normalized spacial score (nSPS) is 15.6. The van der Waals surface area contributed by atoms with Gasteiger partial charge in [-0.2, -0.15) is 5.10 Å². The van der Waals surface area contributed by atoms with Crippen molar-refractivity contribution in [1.29, 1.82) is 0 Å². The molecule has 1 fully saturated rings. The highest BCUT2D eigenvalue weighted by molar-refractivity contribution is 9.10. The first kappa shape index (κ1) is 20.4. The van der Waals surface area contributed by atoms with Gasteiger partial charge in [-0.15, -0.1) is 5.10 Å². The fourth-order valence-electron chi connectivity index (χ4n) is 3.16. The molecule has 0 spiro atoms. The summed E-state index contributed by atoms with van der Waals surface area (Å²) < 4.78 is 4.26. The molecule has 0 atom stereocenters. The van der Waals surface area contributed by atoms with Gasteiger partial charge < -0.3 is 0 Å². The number of anilines is 1. The summed E-state index contributed by atoms with van der Waals surface area (Å²) in [5.74, 6) is 0.0229. The fraction of sp³-hybridized carbons (Fsp3) is 0.143. The molecule has 152 valence electrons. The molecule has 1 aliphatic rings. The Morgan fingerprint density at radius 1 is 1.07 bits per heavy atom. The first-order valence-corrected chi connectivity index (χ1v) is 10.9. The topological polar surface area (TPSA) is 72.0 Å². The molecule has 0 saturated carbocycles. The third kappa shape index (κ3) is 3.78. The number of hydrogen-bond acceptors (Lipinski definition) is 5. The van der Waals surface area contributed by atoms with Crippen LogP contribution >= 0.6 is 27.7 Å². The molecule has 7 nitrogen and oxygen atoms in total. The first-order valence-electron chi connectivity index (χ1n) is 9.13. The van der Waals surface area contributed by atoms with Crippen molar-refractivity contribution < 1.29 is 4.79 Å². The minimum atomic E-state index is -0.276. The van der Waals surface area contributed by atoms with Crippen LogP contribution in [0.2, 0.25) is 0 Å². The zero-order chi connectivity index (χ0) is 21.3. The summed E-state index contributed by atoms with van der Waals surface area (Å²) in [4.78, 5) is 27.3. The molecule has 2 aromatic carbocycles. The Morgan fingerprint density at radius 3 is 2.47 bits per heavy atom. The molecule has 1 saturated heterocycles. The van der Waals surface area contributed by atoms with E-state index < -0.39 is 0 Å².